The van der Waals surface area contributed by atoms with Crippen LogP contribution < -0.4 is 16.0 Å². The molecular weight excluding hydrogens is 930 g/mol. The Morgan fingerprint density at radius 2 is 1.70 bits per heavy atom. The Morgan fingerprint density at radius 3 is 2.40 bits per heavy atom. The number of aromatic nitrogens is 4. The highest BCUT2D eigenvalue weighted by Crippen LogP contribution is 2.40. The van der Waals surface area contributed by atoms with E-state index in [0.29, 0.717) is 36.2 Å². The minimum Gasteiger partial charge on any atom is -0.391 e. The highest BCUT2D eigenvalue weighted by molar-refractivity contribution is 7.99. The fourth-order valence-corrected chi connectivity index (χ4v) is 11.1. The van der Waals surface area contributed by atoms with E-state index < -0.39 is 41.5 Å². The van der Waals surface area contributed by atoms with Crippen molar-refractivity contribution in [2.45, 2.75) is 98.5 Å². The van der Waals surface area contributed by atoms with Gasteiger partial charge >= 0.3 is 0 Å². The van der Waals surface area contributed by atoms with Gasteiger partial charge in [-0.25, -0.2) is 4.98 Å². The number of hydrogen-bond donors (Lipinski definition) is 4. The smallest absolute Gasteiger partial charge is 0.246 e. The Balaban J connectivity index is 0.832. The molecule has 0 spiro atoms. The molecule has 4 N–H and O–H groups in total. The minimum atomic E-state index is -0.956. The number of hydrogen-bond acceptors (Lipinski definition) is 13. The van der Waals surface area contributed by atoms with Gasteiger partial charge in [0.05, 0.1) is 34.3 Å². The fraction of sp³-hybridized carbons (Fsp3) is 0.458. The molecule has 2 aliphatic heterocycles. The second-order valence-corrected chi connectivity index (χ2v) is 21.6. The zero-order chi connectivity index (χ0) is 48.0. The molecule has 2 aromatic carbocycles. The normalized spacial score (nSPS) is 17.3. The van der Waals surface area contributed by atoms with Gasteiger partial charge in [0.2, 0.25) is 23.6 Å². The maximum atomic E-state index is 14.0. The molecule has 3 aromatic heterocycles. The standard InChI is InChI=1S/C48H58ClN9O6S3/c1-27-29(3)67-47-40(27)41(32-13-15-34(49)16-14-32)53-36(44-56-55-30(4)58(44)47)22-38(60)50-17-20-65-19-8-18-64-25-39(61)54-43(48(5,6)7)46(63)57-24-35(59)21-37(57)45(62)51-23-31-9-11-33(12-10-31)42-28(2)52-26-66-42/h9-16,26,35-37,43,59H,8,17-25H2,1-7H3,(H,50,60)(H,51,62)(H,54,61)/t35-,36+,37+,43?/m1/s1. The number of nitrogens with zero attached hydrogens (tertiary/aromatic N) is 6. The lowest BCUT2D eigenvalue weighted by Gasteiger charge is -2.35. The van der Waals surface area contributed by atoms with Crippen LogP contribution in [-0.4, -0.2) is 115 Å². The van der Waals surface area contributed by atoms with Crippen molar-refractivity contribution in [2.24, 2.45) is 10.4 Å². The molecule has 5 heterocycles. The van der Waals surface area contributed by atoms with E-state index in [4.69, 9.17) is 21.3 Å². The summed E-state index contributed by atoms with van der Waals surface area (Å²) in [5, 5.41) is 29.9. The van der Waals surface area contributed by atoms with E-state index in [2.05, 4.69) is 45.0 Å². The number of thioether (sulfide) groups is 1. The van der Waals surface area contributed by atoms with Crippen LogP contribution >= 0.6 is 46.0 Å². The Kier molecular flexibility index (Phi) is 16.4. The molecular formula is C48H58ClN9O6S3. The second kappa shape index (κ2) is 22.0. The number of β-amino-alcohol motifs (C(OH)–C–C–N with tert-alkyl or cyclic N) is 1. The van der Waals surface area contributed by atoms with E-state index in [0.717, 1.165) is 60.7 Å². The summed E-state index contributed by atoms with van der Waals surface area (Å²) in [4.78, 5) is 67.1. The Labute approximate surface area is 408 Å². The van der Waals surface area contributed by atoms with E-state index in [1.165, 1.54) is 9.78 Å². The number of aryl methyl sites for hydroxylation is 3. The van der Waals surface area contributed by atoms with Gasteiger partial charge in [-0.3, -0.25) is 28.7 Å². The second-order valence-electron chi connectivity index (χ2n) is 17.9. The SMILES string of the molecule is Cc1ncsc1-c1ccc(CNC(=O)[C@@H]2C[C@@H](O)CN2C(=O)C(NC(=O)COCCCSCCNC(=O)C[C@@H]2N=C(c3ccc(Cl)cc3)c3c(sc(C)c3C)-n3c(C)nnc32)C(C)(C)C)cc1. The molecule has 0 saturated carbocycles. The third-order valence-electron chi connectivity index (χ3n) is 11.8. The number of aliphatic hydroxyl groups is 1. The number of fused-ring (bicyclic) bond motifs is 3. The van der Waals surface area contributed by atoms with Gasteiger partial charge in [0.25, 0.3) is 0 Å². The van der Waals surface area contributed by atoms with E-state index in [9.17, 15) is 24.3 Å². The summed E-state index contributed by atoms with van der Waals surface area (Å²) >= 11 is 11.1. The zero-order valence-electron chi connectivity index (χ0n) is 38.9. The average molecular weight is 989 g/mol. The number of thiophene rings is 1. The van der Waals surface area contributed by atoms with Crippen molar-refractivity contribution in [2.75, 3.05) is 37.8 Å². The number of likely N-dealkylation sites (tertiary alicyclic amines) is 1. The first-order valence-corrected chi connectivity index (χ1v) is 25.6. The summed E-state index contributed by atoms with van der Waals surface area (Å²) in [6.07, 6.45) is 0.00576. The van der Waals surface area contributed by atoms with Crippen LogP contribution in [0.1, 0.15) is 90.5 Å². The maximum Gasteiger partial charge on any atom is 0.246 e. The number of halogens is 1. The summed E-state index contributed by atoms with van der Waals surface area (Å²) in [5.41, 5.74) is 7.86. The molecule has 67 heavy (non-hydrogen) atoms. The first-order chi connectivity index (χ1) is 32.0. The van der Waals surface area contributed by atoms with Gasteiger partial charge in [-0.2, -0.15) is 11.8 Å². The number of carbonyl (C=O) groups is 4. The summed E-state index contributed by atoms with van der Waals surface area (Å²) in [6.45, 7) is 14.4. The van der Waals surface area contributed by atoms with Gasteiger partial charge in [0.1, 0.15) is 35.6 Å². The number of thiazole rings is 1. The summed E-state index contributed by atoms with van der Waals surface area (Å²) in [6, 6.07) is 13.1. The monoisotopic (exact) mass is 987 g/mol. The molecule has 19 heteroatoms. The number of aliphatic hydroxyl groups excluding tert-OH is 1. The number of carbonyl (C=O) groups excluding carboxylic acids is 4. The van der Waals surface area contributed by atoms with Crippen molar-refractivity contribution in [1.29, 1.82) is 0 Å². The summed E-state index contributed by atoms with van der Waals surface area (Å²) in [5.74, 6) is 1.39. The minimum absolute atomic E-state index is 0.0130. The number of aliphatic imine (C=N–C) groups is 1. The number of amides is 4. The Bertz CT molecular complexity index is 2600. The maximum absolute atomic E-state index is 14.0. The van der Waals surface area contributed by atoms with Crippen LogP contribution in [0.25, 0.3) is 15.4 Å². The van der Waals surface area contributed by atoms with Gasteiger partial charge in [-0.05, 0) is 74.1 Å². The van der Waals surface area contributed by atoms with Crippen molar-refractivity contribution >= 4 is 75.4 Å². The molecule has 4 amide bonds. The van der Waals surface area contributed by atoms with Crippen molar-refractivity contribution < 1.29 is 29.0 Å². The fourth-order valence-electron chi connectivity index (χ4n) is 8.16. The lowest BCUT2D eigenvalue weighted by Crippen LogP contribution is -2.58. The van der Waals surface area contributed by atoms with Crippen LogP contribution in [0.2, 0.25) is 5.02 Å². The molecule has 356 valence electrons. The van der Waals surface area contributed by atoms with Gasteiger partial charge in [0, 0.05) is 59.4 Å². The topological polar surface area (TPSA) is 193 Å². The Hall–Kier alpha value is -4.98. The third-order valence-corrected chi connectivity index (χ3v) is 15.3. The largest absolute Gasteiger partial charge is 0.391 e. The Morgan fingerprint density at radius 1 is 0.970 bits per heavy atom. The first-order valence-electron chi connectivity index (χ1n) is 22.3. The lowest BCUT2D eigenvalue weighted by atomic mass is 9.85. The van der Waals surface area contributed by atoms with Crippen LogP contribution in [-0.2, 0) is 30.5 Å². The van der Waals surface area contributed by atoms with E-state index in [1.807, 2.05) is 93.2 Å². The summed E-state index contributed by atoms with van der Waals surface area (Å²) < 4.78 is 7.72. The number of benzene rings is 2. The first kappa shape index (κ1) is 49.9. The molecule has 4 atom stereocenters. The molecule has 7 rings (SSSR count). The van der Waals surface area contributed by atoms with Crippen LogP contribution in [0.3, 0.4) is 0 Å². The van der Waals surface area contributed by atoms with E-state index in [1.54, 1.807) is 34.4 Å². The molecule has 1 saturated heterocycles. The quantitative estimate of drug-likeness (QED) is 0.0688. The number of nitrogens with one attached hydrogen (secondary N) is 3. The van der Waals surface area contributed by atoms with Crippen LogP contribution in [0.5, 0.6) is 0 Å². The van der Waals surface area contributed by atoms with Crippen LogP contribution in [0.15, 0.2) is 59.0 Å². The third kappa shape index (κ3) is 12.0. The van der Waals surface area contributed by atoms with Gasteiger partial charge in [-0.15, -0.1) is 32.9 Å². The average Bonchev–Trinajstić information content (AvgIpc) is 4.06. The summed E-state index contributed by atoms with van der Waals surface area (Å²) in [7, 11) is 0. The zero-order valence-corrected chi connectivity index (χ0v) is 42.1. The van der Waals surface area contributed by atoms with Crippen molar-refractivity contribution in [3.05, 3.63) is 104 Å². The van der Waals surface area contributed by atoms with Gasteiger partial charge in [0.15, 0.2) is 5.82 Å². The number of rotatable bonds is 18. The van der Waals surface area contributed by atoms with Crippen molar-refractivity contribution in [3.63, 3.8) is 0 Å². The number of ether oxygens (including phenoxy) is 1. The molecule has 0 bridgehead atoms. The predicted molar refractivity (Wildman–Crippen MR) is 265 cm³/mol. The van der Waals surface area contributed by atoms with Crippen LogP contribution in [0.4, 0.5) is 0 Å². The highest BCUT2D eigenvalue weighted by atomic mass is 35.5. The molecule has 5 aromatic rings. The predicted octanol–water partition coefficient (Wildman–Crippen LogP) is 6.69. The van der Waals surface area contributed by atoms with E-state index >= 15 is 0 Å². The molecule has 0 aliphatic carbocycles. The molecule has 1 fully saturated rings. The molecule has 1 unspecified atom stereocenters. The van der Waals surface area contributed by atoms with Crippen molar-refractivity contribution in [3.8, 4) is 15.4 Å². The highest BCUT2D eigenvalue weighted by Gasteiger charge is 2.44. The molecule has 15 nitrogen and oxygen atoms in total. The lowest BCUT2D eigenvalue weighted by molar-refractivity contribution is -0.144. The van der Waals surface area contributed by atoms with Gasteiger partial charge in [-0.1, -0.05) is 68.8 Å². The molecule has 0 radical (unpaired) electrons. The van der Waals surface area contributed by atoms with E-state index in [-0.39, 0.29) is 44.4 Å². The van der Waals surface area contributed by atoms with Crippen LogP contribution in [0, 0.1) is 33.1 Å². The molecule has 2 aliphatic rings. The van der Waals surface area contributed by atoms with Crippen molar-refractivity contribution in [1.82, 2.24) is 40.6 Å². The van der Waals surface area contributed by atoms with Gasteiger partial charge < -0.3 is 30.7 Å².